The molecule has 128 valence electrons. The van der Waals surface area contributed by atoms with Crippen molar-refractivity contribution >= 4 is 11.9 Å². The predicted octanol–water partition coefficient (Wildman–Crippen LogP) is 2.77. The summed E-state index contributed by atoms with van der Waals surface area (Å²) in [6, 6.07) is 8.93. The third-order valence-electron chi connectivity index (χ3n) is 3.54. The smallest absolute Gasteiger partial charge is 0.342 e. The van der Waals surface area contributed by atoms with Crippen LogP contribution in [0.15, 0.2) is 34.7 Å². The highest BCUT2D eigenvalue weighted by Gasteiger charge is 2.21. The third-order valence-corrected chi connectivity index (χ3v) is 3.54. The van der Waals surface area contributed by atoms with E-state index in [1.165, 1.54) is 6.92 Å². The predicted molar refractivity (Wildman–Crippen MR) is 87.9 cm³/mol. The molecule has 24 heavy (non-hydrogen) atoms. The molecule has 0 unspecified atom stereocenters. The molecule has 0 aliphatic heterocycles. The van der Waals surface area contributed by atoms with Crippen molar-refractivity contribution in [1.29, 1.82) is 0 Å². The first-order valence-electron chi connectivity index (χ1n) is 7.59. The Balaban J connectivity index is 1.87. The van der Waals surface area contributed by atoms with Gasteiger partial charge in [-0.2, -0.15) is 0 Å². The maximum atomic E-state index is 12.1. The third kappa shape index (κ3) is 4.38. The van der Waals surface area contributed by atoms with Crippen LogP contribution >= 0.6 is 0 Å². The molecule has 0 saturated carbocycles. The molecule has 0 aliphatic carbocycles. The number of hydrogen-bond donors (Lipinski definition) is 1. The number of carbonyl (C=O) groups is 2. The molecular formula is C18H21NO5. The lowest BCUT2D eigenvalue weighted by molar-refractivity contribution is -0.129. The zero-order valence-electron chi connectivity index (χ0n) is 14.2. The lowest BCUT2D eigenvalue weighted by Gasteiger charge is -2.13. The molecule has 2 rings (SSSR count). The maximum Gasteiger partial charge on any atom is 0.342 e. The summed E-state index contributed by atoms with van der Waals surface area (Å²) in [4.78, 5) is 24.1. The summed E-state index contributed by atoms with van der Waals surface area (Å²) in [6.07, 6.45) is -0.898. The van der Waals surface area contributed by atoms with Gasteiger partial charge in [-0.15, -0.1) is 0 Å². The lowest BCUT2D eigenvalue weighted by atomic mass is 10.2. The van der Waals surface area contributed by atoms with Gasteiger partial charge in [-0.1, -0.05) is 12.1 Å². The van der Waals surface area contributed by atoms with E-state index in [0.717, 1.165) is 11.3 Å². The van der Waals surface area contributed by atoms with E-state index in [0.29, 0.717) is 23.6 Å². The maximum absolute atomic E-state index is 12.1. The minimum Gasteiger partial charge on any atom is -0.497 e. The van der Waals surface area contributed by atoms with Gasteiger partial charge in [0.15, 0.2) is 6.10 Å². The summed E-state index contributed by atoms with van der Waals surface area (Å²) >= 11 is 0. The van der Waals surface area contributed by atoms with Crippen LogP contribution in [0.5, 0.6) is 5.75 Å². The van der Waals surface area contributed by atoms with Crippen LogP contribution in [-0.2, 0) is 16.1 Å². The monoisotopic (exact) mass is 331 g/mol. The van der Waals surface area contributed by atoms with Gasteiger partial charge >= 0.3 is 5.97 Å². The first-order chi connectivity index (χ1) is 11.4. The number of ether oxygens (including phenoxy) is 2. The Morgan fingerprint density at radius 1 is 1.21 bits per heavy atom. The van der Waals surface area contributed by atoms with Gasteiger partial charge in [-0.25, -0.2) is 4.79 Å². The molecule has 6 nitrogen and oxygen atoms in total. The lowest BCUT2D eigenvalue weighted by Crippen LogP contribution is -2.35. The van der Waals surface area contributed by atoms with E-state index in [4.69, 9.17) is 13.9 Å². The van der Waals surface area contributed by atoms with Crippen molar-refractivity contribution in [3.05, 3.63) is 53.0 Å². The number of aryl methyl sites for hydroxylation is 2. The van der Waals surface area contributed by atoms with Gasteiger partial charge in [0, 0.05) is 6.54 Å². The molecule has 0 radical (unpaired) electrons. The molecule has 0 saturated heterocycles. The van der Waals surface area contributed by atoms with Gasteiger partial charge in [0.2, 0.25) is 0 Å². The highest BCUT2D eigenvalue weighted by atomic mass is 16.5. The van der Waals surface area contributed by atoms with Gasteiger partial charge in [0.25, 0.3) is 5.91 Å². The Kier molecular flexibility index (Phi) is 5.63. The van der Waals surface area contributed by atoms with Gasteiger partial charge in [0.1, 0.15) is 22.8 Å². The number of furan rings is 1. The molecule has 1 N–H and O–H groups in total. The van der Waals surface area contributed by atoms with E-state index in [9.17, 15) is 9.59 Å². The molecule has 1 aromatic heterocycles. The van der Waals surface area contributed by atoms with E-state index in [1.807, 2.05) is 24.3 Å². The Morgan fingerprint density at radius 3 is 2.42 bits per heavy atom. The van der Waals surface area contributed by atoms with Crippen molar-refractivity contribution < 1.29 is 23.5 Å². The number of amides is 1. The molecule has 0 bridgehead atoms. The topological polar surface area (TPSA) is 77.8 Å². The van der Waals surface area contributed by atoms with Crippen LogP contribution in [0.2, 0.25) is 0 Å². The van der Waals surface area contributed by atoms with Crippen LogP contribution in [-0.4, -0.2) is 25.1 Å². The number of rotatable bonds is 6. The van der Waals surface area contributed by atoms with E-state index in [-0.39, 0.29) is 5.91 Å². The van der Waals surface area contributed by atoms with Gasteiger partial charge in [-0.3, -0.25) is 4.79 Å². The molecule has 6 heteroatoms. The van der Waals surface area contributed by atoms with Crippen LogP contribution in [0.1, 0.15) is 34.4 Å². The van der Waals surface area contributed by atoms with Gasteiger partial charge in [0.05, 0.1) is 7.11 Å². The summed E-state index contributed by atoms with van der Waals surface area (Å²) < 4.78 is 15.6. The second-order valence-corrected chi connectivity index (χ2v) is 5.44. The summed E-state index contributed by atoms with van der Waals surface area (Å²) in [5.41, 5.74) is 1.26. The number of benzene rings is 1. The molecule has 0 fully saturated rings. The SMILES string of the molecule is COc1ccc(CNC(=O)[C@@H](C)OC(=O)c2cc(C)oc2C)cc1. The van der Waals surface area contributed by atoms with Crippen LogP contribution < -0.4 is 10.1 Å². The Labute approximate surface area is 140 Å². The molecule has 1 amide bonds. The Hall–Kier alpha value is -2.76. The minimum absolute atomic E-state index is 0.335. The number of methoxy groups -OCH3 is 1. The minimum atomic E-state index is -0.898. The van der Waals surface area contributed by atoms with Crippen molar-refractivity contribution in [1.82, 2.24) is 5.32 Å². The largest absolute Gasteiger partial charge is 0.497 e. The van der Waals surface area contributed by atoms with E-state index >= 15 is 0 Å². The molecule has 1 aromatic carbocycles. The van der Waals surface area contributed by atoms with E-state index in [1.54, 1.807) is 27.0 Å². The summed E-state index contributed by atoms with van der Waals surface area (Å²) in [5.74, 6) is 0.908. The average molecular weight is 331 g/mol. The van der Waals surface area contributed by atoms with Crippen molar-refractivity contribution in [2.45, 2.75) is 33.4 Å². The van der Waals surface area contributed by atoms with Crippen molar-refractivity contribution in [2.75, 3.05) is 7.11 Å². The van der Waals surface area contributed by atoms with Gasteiger partial charge in [-0.05, 0) is 44.5 Å². The molecule has 0 aliphatic rings. The van der Waals surface area contributed by atoms with Crippen LogP contribution in [0.3, 0.4) is 0 Å². The van der Waals surface area contributed by atoms with Crippen LogP contribution in [0.25, 0.3) is 0 Å². The number of carbonyl (C=O) groups excluding carboxylic acids is 2. The Morgan fingerprint density at radius 2 is 1.88 bits per heavy atom. The van der Waals surface area contributed by atoms with Gasteiger partial charge < -0.3 is 19.2 Å². The Bertz CT molecular complexity index is 718. The van der Waals surface area contributed by atoms with E-state index < -0.39 is 12.1 Å². The molecule has 0 spiro atoms. The summed E-state index contributed by atoms with van der Waals surface area (Å²) in [7, 11) is 1.59. The van der Waals surface area contributed by atoms with Crippen LogP contribution in [0, 0.1) is 13.8 Å². The second kappa shape index (κ2) is 7.68. The fourth-order valence-corrected chi connectivity index (χ4v) is 2.19. The highest BCUT2D eigenvalue weighted by Crippen LogP contribution is 2.15. The highest BCUT2D eigenvalue weighted by molar-refractivity contribution is 5.93. The number of nitrogens with one attached hydrogen (secondary N) is 1. The molecular weight excluding hydrogens is 310 g/mol. The standard InChI is InChI=1S/C18H21NO5/c1-11-9-16(12(2)23-11)18(21)24-13(3)17(20)19-10-14-5-7-15(22-4)8-6-14/h5-9,13H,10H2,1-4H3,(H,19,20)/t13-/m1/s1. The first-order valence-corrected chi connectivity index (χ1v) is 7.59. The molecule has 2 aromatic rings. The van der Waals surface area contributed by atoms with Crippen molar-refractivity contribution in [3.63, 3.8) is 0 Å². The number of esters is 1. The summed E-state index contributed by atoms with van der Waals surface area (Å²) in [5, 5.41) is 2.73. The second-order valence-electron chi connectivity index (χ2n) is 5.44. The number of hydrogen-bond acceptors (Lipinski definition) is 5. The fraction of sp³-hybridized carbons (Fsp3) is 0.333. The van der Waals surface area contributed by atoms with E-state index in [2.05, 4.69) is 5.32 Å². The zero-order valence-corrected chi connectivity index (χ0v) is 14.2. The average Bonchev–Trinajstić information content (AvgIpc) is 2.91. The fourth-order valence-electron chi connectivity index (χ4n) is 2.19. The normalized spacial score (nSPS) is 11.7. The molecule has 1 heterocycles. The van der Waals surface area contributed by atoms with Crippen molar-refractivity contribution in [2.24, 2.45) is 0 Å². The zero-order chi connectivity index (χ0) is 17.7. The first kappa shape index (κ1) is 17.6. The quantitative estimate of drug-likeness (QED) is 0.824. The summed E-state index contributed by atoms with van der Waals surface area (Å²) in [6.45, 7) is 5.30. The van der Waals surface area contributed by atoms with Crippen LogP contribution in [0.4, 0.5) is 0 Å². The molecule has 1 atom stereocenters. The van der Waals surface area contributed by atoms with Crippen molar-refractivity contribution in [3.8, 4) is 5.75 Å².